The monoisotopic (exact) mass is 256 g/mol. The van der Waals surface area contributed by atoms with Crippen molar-refractivity contribution in [2.45, 2.75) is 13.3 Å². The molecule has 0 fully saturated rings. The molecule has 0 radical (unpaired) electrons. The highest BCUT2D eigenvalue weighted by atomic mass is 14.1. The first-order valence-corrected chi connectivity index (χ1v) is 7.20. The molecule has 0 nitrogen and oxygen atoms in total. The lowest BCUT2D eigenvalue weighted by Gasteiger charge is -2.12. The molecule has 96 valence electrons. The molecule has 0 unspecified atom stereocenters. The van der Waals surface area contributed by atoms with Crippen LogP contribution in [0.4, 0.5) is 0 Å². The van der Waals surface area contributed by atoms with Crippen molar-refractivity contribution >= 4 is 32.3 Å². The summed E-state index contributed by atoms with van der Waals surface area (Å²) in [5, 5.41) is 8.19. The zero-order valence-electron chi connectivity index (χ0n) is 11.6. The van der Waals surface area contributed by atoms with Crippen molar-refractivity contribution in [3.8, 4) is 0 Å². The van der Waals surface area contributed by atoms with Crippen molar-refractivity contribution in [1.82, 2.24) is 0 Å². The molecular weight excluding hydrogens is 240 g/mol. The Morgan fingerprint density at radius 1 is 0.650 bits per heavy atom. The zero-order valence-corrected chi connectivity index (χ0v) is 11.6. The Morgan fingerprint density at radius 3 is 2.10 bits per heavy atom. The summed E-state index contributed by atoms with van der Waals surface area (Å²) < 4.78 is 0. The van der Waals surface area contributed by atoms with Gasteiger partial charge in [0.25, 0.3) is 0 Å². The minimum absolute atomic E-state index is 1.06. The standard InChI is InChI=1S/C20H16/c1-2-17-18-9-5-4-8-15(18)13-16-12-11-14-7-3-6-10-19(14)20(16)17/h3-13H,2H2,1H3. The van der Waals surface area contributed by atoms with Crippen LogP contribution in [0.5, 0.6) is 0 Å². The lowest BCUT2D eigenvalue weighted by atomic mass is 9.92. The van der Waals surface area contributed by atoms with Gasteiger partial charge in [-0.3, -0.25) is 0 Å². The van der Waals surface area contributed by atoms with E-state index in [9.17, 15) is 0 Å². The molecule has 4 aromatic rings. The van der Waals surface area contributed by atoms with E-state index in [1.165, 1.54) is 37.9 Å². The maximum Gasteiger partial charge on any atom is -0.00670 e. The molecule has 0 bridgehead atoms. The van der Waals surface area contributed by atoms with Crippen LogP contribution in [-0.4, -0.2) is 0 Å². The lowest BCUT2D eigenvalue weighted by molar-refractivity contribution is 1.18. The Labute approximate surface area is 118 Å². The summed E-state index contributed by atoms with van der Waals surface area (Å²) in [6, 6.07) is 24.2. The quantitative estimate of drug-likeness (QED) is 0.302. The van der Waals surface area contributed by atoms with Gasteiger partial charge in [0, 0.05) is 0 Å². The SMILES string of the molecule is CCc1c2ccccc2cc2ccc3ccccc3c12. The largest absolute Gasteiger partial charge is 0.0616 e. The third kappa shape index (κ3) is 1.55. The molecule has 0 amide bonds. The van der Waals surface area contributed by atoms with Crippen LogP contribution in [0, 0.1) is 0 Å². The average Bonchev–Trinajstić information content (AvgIpc) is 2.52. The number of rotatable bonds is 1. The van der Waals surface area contributed by atoms with Gasteiger partial charge in [-0.2, -0.15) is 0 Å². The molecule has 4 rings (SSSR count). The number of hydrogen-bond donors (Lipinski definition) is 0. The van der Waals surface area contributed by atoms with Gasteiger partial charge >= 0.3 is 0 Å². The van der Waals surface area contributed by atoms with E-state index >= 15 is 0 Å². The summed E-state index contributed by atoms with van der Waals surface area (Å²) in [6.45, 7) is 2.25. The van der Waals surface area contributed by atoms with E-state index in [1.54, 1.807) is 0 Å². The van der Waals surface area contributed by atoms with E-state index in [1.807, 2.05) is 0 Å². The summed E-state index contributed by atoms with van der Waals surface area (Å²) in [4.78, 5) is 0. The fraction of sp³-hybridized carbons (Fsp3) is 0.100. The molecule has 0 spiro atoms. The Balaban J connectivity index is 2.33. The minimum Gasteiger partial charge on any atom is -0.0616 e. The molecule has 0 saturated carbocycles. The summed E-state index contributed by atoms with van der Waals surface area (Å²) in [5.41, 5.74) is 1.47. The van der Waals surface area contributed by atoms with Gasteiger partial charge in [0.2, 0.25) is 0 Å². The van der Waals surface area contributed by atoms with E-state index in [0.29, 0.717) is 0 Å². The van der Waals surface area contributed by atoms with Gasteiger partial charge in [0.1, 0.15) is 0 Å². The predicted molar refractivity (Wildman–Crippen MR) is 88.3 cm³/mol. The van der Waals surface area contributed by atoms with Crippen molar-refractivity contribution in [3.05, 3.63) is 72.3 Å². The van der Waals surface area contributed by atoms with Gasteiger partial charge in [-0.15, -0.1) is 0 Å². The molecule has 0 aliphatic carbocycles. The van der Waals surface area contributed by atoms with Crippen molar-refractivity contribution in [3.63, 3.8) is 0 Å². The van der Waals surface area contributed by atoms with Crippen molar-refractivity contribution in [1.29, 1.82) is 0 Å². The molecule has 0 heteroatoms. The van der Waals surface area contributed by atoms with E-state index in [0.717, 1.165) is 6.42 Å². The normalized spacial score (nSPS) is 11.4. The maximum atomic E-state index is 2.32. The van der Waals surface area contributed by atoms with Crippen LogP contribution in [0.3, 0.4) is 0 Å². The fourth-order valence-corrected chi connectivity index (χ4v) is 3.31. The Hall–Kier alpha value is -2.34. The highest BCUT2D eigenvalue weighted by Gasteiger charge is 2.08. The van der Waals surface area contributed by atoms with E-state index in [4.69, 9.17) is 0 Å². The van der Waals surface area contributed by atoms with E-state index in [-0.39, 0.29) is 0 Å². The number of aryl methyl sites for hydroxylation is 1. The second kappa shape index (κ2) is 4.35. The first kappa shape index (κ1) is 11.5. The van der Waals surface area contributed by atoms with Crippen molar-refractivity contribution in [2.75, 3.05) is 0 Å². The second-order valence-corrected chi connectivity index (χ2v) is 5.31. The zero-order chi connectivity index (χ0) is 13.5. The van der Waals surface area contributed by atoms with Crippen LogP contribution in [0.15, 0.2) is 66.7 Å². The lowest BCUT2D eigenvalue weighted by Crippen LogP contribution is -1.89. The van der Waals surface area contributed by atoms with Crippen molar-refractivity contribution in [2.24, 2.45) is 0 Å². The smallest absolute Gasteiger partial charge is 0.00670 e. The van der Waals surface area contributed by atoms with Gasteiger partial charge in [-0.1, -0.05) is 67.6 Å². The molecule has 0 aliphatic heterocycles. The number of benzene rings is 4. The van der Waals surface area contributed by atoms with Crippen LogP contribution >= 0.6 is 0 Å². The molecule has 0 N–H and O–H groups in total. The summed E-state index contributed by atoms with van der Waals surface area (Å²) in [5.74, 6) is 0. The molecular formula is C20H16. The third-order valence-corrected chi connectivity index (χ3v) is 4.21. The third-order valence-electron chi connectivity index (χ3n) is 4.21. The van der Waals surface area contributed by atoms with Gasteiger partial charge < -0.3 is 0 Å². The number of fused-ring (bicyclic) bond motifs is 4. The van der Waals surface area contributed by atoms with Crippen LogP contribution in [-0.2, 0) is 6.42 Å². The van der Waals surface area contributed by atoms with E-state index < -0.39 is 0 Å². The van der Waals surface area contributed by atoms with Gasteiger partial charge in [0.15, 0.2) is 0 Å². The number of hydrogen-bond acceptors (Lipinski definition) is 0. The summed E-state index contributed by atoms with van der Waals surface area (Å²) in [7, 11) is 0. The summed E-state index contributed by atoms with van der Waals surface area (Å²) in [6.07, 6.45) is 1.06. The van der Waals surface area contributed by atoms with Gasteiger partial charge in [0.05, 0.1) is 0 Å². The highest BCUT2D eigenvalue weighted by molar-refractivity contribution is 6.14. The fourth-order valence-electron chi connectivity index (χ4n) is 3.31. The van der Waals surface area contributed by atoms with Crippen molar-refractivity contribution < 1.29 is 0 Å². The first-order chi connectivity index (χ1) is 9.88. The summed E-state index contributed by atoms with van der Waals surface area (Å²) >= 11 is 0. The topological polar surface area (TPSA) is 0 Å². The van der Waals surface area contributed by atoms with Crippen LogP contribution in [0.2, 0.25) is 0 Å². The molecule has 0 saturated heterocycles. The highest BCUT2D eigenvalue weighted by Crippen LogP contribution is 2.33. The molecule has 0 aliphatic rings. The Bertz CT molecular complexity index is 932. The second-order valence-electron chi connectivity index (χ2n) is 5.31. The van der Waals surface area contributed by atoms with E-state index in [2.05, 4.69) is 73.7 Å². The molecule has 20 heavy (non-hydrogen) atoms. The molecule has 4 aromatic carbocycles. The molecule has 0 heterocycles. The Kier molecular flexibility index (Phi) is 2.50. The Morgan fingerprint density at radius 2 is 1.30 bits per heavy atom. The molecule has 0 aromatic heterocycles. The molecule has 0 atom stereocenters. The average molecular weight is 256 g/mol. The van der Waals surface area contributed by atoms with Crippen LogP contribution in [0.1, 0.15) is 12.5 Å². The maximum absolute atomic E-state index is 2.32. The first-order valence-electron chi connectivity index (χ1n) is 7.20. The van der Waals surface area contributed by atoms with Crippen LogP contribution in [0.25, 0.3) is 32.3 Å². The van der Waals surface area contributed by atoms with Gasteiger partial charge in [-0.25, -0.2) is 0 Å². The van der Waals surface area contributed by atoms with Gasteiger partial charge in [-0.05, 0) is 50.4 Å². The predicted octanol–water partition coefficient (Wildman–Crippen LogP) is 5.71. The minimum atomic E-state index is 1.06. The van der Waals surface area contributed by atoms with Crippen LogP contribution < -0.4 is 0 Å².